The summed E-state index contributed by atoms with van der Waals surface area (Å²) in [5.74, 6) is 0.987. The van der Waals surface area contributed by atoms with Gasteiger partial charge >= 0.3 is 0 Å². The van der Waals surface area contributed by atoms with Crippen molar-refractivity contribution in [2.75, 3.05) is 26.8 Å². The number of carbonyl (C=O) groups excluding carboxylic acids is 1. The van der Waals surface area contributed by atoms with E-state index in [4.69, 9.17) is 14.7 Å². The second-order valence-electron chi connectivity index (χ2n) is 4.37. The summed E-state index contributed by atoms with van der Waals surface area (Å²) < 4.78 is 11.1. The molecular formula is C15H21N3O3. The van der Waals surface area contributed by atoms with Crippen molar-refractivity contribution in [3.8, 4) is 17.6 Å². The van der Waals surface area contributed by atoms with Crippen LogP contribution in [0.2, 0.25) is 0 Å². The molecule has 0 aliphatic carbocycles. The van der Waals surface area contributed by atoms with E-state index in [2.05, 4.69) is 10.6 Å². The van der Waals surface area contributed by atoms with Crippen LogP contribution in [0.4, 0.5) is 0 Å². The number of benzene rings is 1. The monoisotopic (exact) mass is 291 g/mol. The fourth-order valence-corrected chi connectivity index (χ4v) is 1.65. The summed E-state index contributed by atoms with van der Waals surface area (Å²) in [7, 11) is 1.84. The minimum absolute atomic E-state index is 0.0226. The molecule has 1 amide bonds. The molecular weight excluding hydrogens is 270 g/mol. The molecule has 6 heteroatoms. The first-order valence-corrected chi connectivity index (χ1v) is 6.88. The van der Waals surface area contributed by atoms with Crippen LogP contribution in [0.1, 0.15) is 18.9 Å². The van der Waals surface area contributed by atoms with Crippen molar-refractivity contribution < 1.29 is 14.3 Å². The van der Waals surface area contributed by atoms with Gasteiger partial charge < -0.3 is 20.1 Å². The van der Waals surface area contributed by atoms with Gasteiger partial charge in [0.25, 0.3) is 5.91 Å². The van der Waals surface area contributed by atoms with Crippen LogP contribution in [0.15, 0.2) is 18.2 Å². The zero-order valence-corrected chi connectivity index (χ0v) is 12.4. The highest BCUT2D eigenvalue weighted by atomic mass is 16.5. The minimum Gasteiger partial charge on any atom is -0.493 e. The Morgan fingerprint density at radius 2 is 2.19 bits per heavy atom. The van der Waals surface area contributed by atoms with Gasteiger partial charge in [0.15, 0.2) is 6.61 Å². The number of hydrogen-bond acceptors (Lipinski definition) is 5. The Balaban J connectivity index is 2.71. The number of ether oxygens (including phenoxy) is 2. The Bertz CT molecular complexity index is 497. The van der Waals surface area contributed by atoms with Gasteiger partial charge in [-0.1, -0.05) is 13.0 Å². The zero-order valence-electron chi connectivity index (χ0n) is 12.4. The molecule has 0 radical (unpaired) electrons. The van der Waals surface area contributed by atoms with E-state index in [-0.39, 0.29) is 19.1 Å². The molecule has 6 nitrogen and oxygen atoms in total. The van der Waals surface area contributed by atoms with Crippen molar-refractivity contribution in [3.05, 3.63) is 23.8 Å². The molecule has 0 spiro atoms. The number of nitrogens with zero attached hydrogens (tertiary/aromatic N) is 1. The normalized spacial score (nSPS) is 9.76. The van der Waals surface area contributed by atoms with E-state index in [0.29, 0.717) is 24.7 Å². The Labute approximate surface area is 125 Å². The molecule has 1 aromatic rings. The van der Waals surface area contributed by atoms with Crippen LogP contribution in [0, 0.1) is 11.3 Å². The molecule has 0 aromatic heterocycles. The Hall–Kier alpha value is -2.26. The highest BCUT2D eigenvalue weighted by Crippen LogP contribution is 2.25. The van der Waals surface area contributed by atoms with Crippen molar-refractivity contribution in [1.29, 1.82) is 5.26 Å². The van der Waals surface area contributed by atoms with Crippen molar-refractivity contribution in [1.82, 2.24) is 10.6 Å². The van der Waals surface area contributed by atoms with Crippen LogP contribution in [0.25, 0.3) is 0 Å². The lowest BCUT2D eigenvalue weighted by Crippen LogP contribution is -2.29. The highest BCUT2D eigenvalue weighted by Gasteiger charge is 2.08. The Morgan fingerprint density at radius 3 is 2.86 bits per heavy atom. The maximum atomic E-state index is 11.5. The number of amides is 1. The third-order valence-electron chi connectivity index (χ3n) is 2.60. The molecule has 0 fully saturated rings. The highest BCUT2D eigenvalue weighted by molar-refractivity contribution is 5.77. The maximum absolute atomic E-state index is 11.5. The topological polar surface area (TPSA) is 83.4 Å². The van der Waals surface area contributed by atoms with Gasteiger partial charge in [0.05, 0.1) is 12.7 Å². The van der Waals surface area contributed by atoms with Crippen molar-refractivity contribution >= 4 is 5.91 Å². The molecule has 1 aromatic carbocycles. The molecule has 21 heavy (non-hydrogen) atoms. The summed E-state index contributed by atoms with van der Waals surface area (Å²) in [5, 5.41) is 13.9. The molecule has 0 aliphatic rings. The van der Waals surface area contributed by atoms with Crippen LogP contribution >= 0.6 is 0 Å². The van der Waals surface area contributed by atoms with E-state index < -0.39 is 0 Å². The smallest absolute Gasteiger partial charge is 0.258 e. The molecule has 0 bridgehead atoms. The lowest BCUT2D eigenvalue weighted by atomic mass is 10.2. The van der Waals surface area contributed by atoms with Crippen molar-refractivity contribution in [3.63, 3.8) is 0 Å². The predicted molar refractivity (Wildman–Crippen MR) is 79.1 cm³/mol. The third kappa shape index (κ3) is 6.15. The molecule has 0 aliphatic heterocycles. The van der Waals surface area contributed by atoms with E-state index >= 15 is 0 Å². The van der Waals surface area contributed by atoms with Gasteiger partial charge in [0, 0.05) is 18.2 Å². The van der Waals surface area contributed by atoms with Gasteiger partial charge in [-0.15, -0.1) is 0 Å². The van der Waals surface area contributed by atoms with Gasteiger partial charge in [-0.2, -0.15) is 5.26 Å². The number of rotatable bonds is 9. The van der Waals surface area contributed by atoms with Gasteiger partial charge in [0.1, 0.15) is 18.0 Å². The summed E-state index contributed by atoms with van der Waals surface area (Å²) >= 11 is 0. The van der Waals surface area contributed by atoms with Crippen molar-refractivity contribution in [2.45, 2.75) is 19.9 Å². The number of carbonyl (C=O) groups is 1. The second kappa shape index (κ2) is 9.61. The molecule has 114 valence electrons. The number of hydrogen-bond donors (Lipinski definition) is 2. The molecule has 1 rings (SSSR count). The largest absolute Gasteiger partial charge is 0.493 e. The van der Waals surface area contributed by atoms with Crippen LogP contribution in [-0.2, 0) is 11.3 Å². The van der Waals surface area contributed by atoms with Crippen LogP contribution in [0.5, 0.6) is 11.5 Å². The quantitative estimate of drug-likeness (QED) is 0.668. The summed E-state index contributed by atoms with van der Waals surface area (Å²) in [6, 6.07) is 7.41. The summed E-state index contributed by atoms with van der Waals surface area (Å²) in [6.07, 6.45) is 0.922. The van der Waals surface area contributed by atoms with E-state index in [1.54, 1.807) is 6.07 Å². The first-order valence-electron chi connectivity index (χ1n) is 6.88. The lowest BCUT2D eigenvalue weighted by Gasteiger charge is -2.13. The van der Waals surface area contributed by atoms with Crippen LogP contribution in [0.3, 0.4) is 0 Å². The average Bonchev–Trinajstić information content (AvgIpc) is 2.50. The number of nitriles is 1. The maximum Gasteiger partial charge on any atom is 0.258 e. The predicted octanol–water partition coefficient (Wildman–Crippen LogP) is 1.21. The third-order valence-corrected chi connectivity index (χ3v) is 2.60. The molecule has 0 atom stereocenters. The Kier molecular flexibility index (Phi) is 7.69. The van der Waals surface area contributed by atoms with E-state index in [0.717, 1.165) is 12.0 Å². The van der Waals surface area contributed by atoms with Crippen molar-refractivity contribution in [2.24, 2.45) is 0 Å². The zero-order chi connectivity index (χ0) is 15.5. The van der Waals surface area contributed by atoms with Crippen LogP contribution in [-0.4, -0.2) is 32.7 Å². The average molecular weight is 291 g/mol. The second-order valence-corrected chi connectivity index (χ2v) is 4.37. The lowest BCUT2D eigenvalue weighted by molar-refractivity contribution is -0.122. The summed E-state index contributed by atoms with van der Waals surface area (Å²) in [4.78, 5) is 11.5. The van der Waals surface area contributed by atoms with Crippen LogP contribution < -0.4 is 20.1 Å². The van der Waals surface area contributed by atoms with Gasteiger partial charge in [-0.25, -0.2) is 0 Å². The van der Waals surface area contributed by atoms with E-state index in [1.807, 2.05) is 32.2 Å². The number of nitrogens with one attached hydrogen (secondary N) is 2. The summed E-state index contributed by atoms with van der Waals surface area (Å²) in [6.45, 7) is 3.14. The van der Waals surface area contributed by atoms with Gasteiger partial charge in [0.2, 0.25) is 0 Å². The first-order chi connectivity index (χ1) is 10.2. The Morgan fingerprint density at radius 1 is 1.38 bits per heavy atom. The van der Waals surface area contributed by atoms with Gasteiger partial charge in [-0.3, -0.25) is 4.79 Å². The van der Waals surface area contributed by atoms with E-state index in [1.165, 1.54) is 0 Å². The molecule has 0 unspecified atom stereocenters. The fraction of sp³-hybridized carbons (Fsp3) is 0.467. The molecule has 2 N–H and O–H groups in total. The van der Waals surface area contributed by atoms with Gasteiger partial charge in [-0.05, 0) is 19.5 Å². The molecule has 0 saturated carbocycles. The van der Waals surface area contributed by atoms with E-state index in [9.17, 15) is 4.79 Å². The first kappa shape index (κ1) is 16.8. The SMILES string of the molecule is CCCOc1ccc(CNC)c(OCC(=O)NCC#N)c1. The summed E-state index contributed by atoms with van der Waals surface area (Å²) in [5.41, 5.74) is 0.939. The standard InChI is InChI=1S/C15H21N3O3/c1-3-8-20-13-5-4-12(10-17-2)14(9-13)21-11-15(19)18-7-6-16/h4-5,9,17H,3,7-8,10-11H2,1-2H3,(H,18,19). The molecule has 0 saturated heterocycles. The molecule has 0 heterocycles. The fourth-order valence-electron chi connectivity index (χ4n) is 1.65. The minimum atomic E-state index is -0.327.